The SMILES string of the molecule is N#CC1(Cc2ccc([N+](=O)[O-])c(F)c2)CCCCCCC1. The zero-order valence-electron chi connectivity index (χ0n) is 12.0. The minimum atomic E-state index is -0.823. The standard InChI is InChI=1S/C16H19FN2O2/c17-14-10-13(6-7-15(14)19(20)21)11-16(12-18)8-4-2-1-3-5-9-16/h6-7,10H,1-5,8-9,11H2. The summed E-state index contributed by atoms with van der Waals surface area (Å²) < 4.78 is 13.7. The van der Waals surface area contributed by atoms with Crippen LogP contribution in [0.2, 0.25) is 0 Å². The first-order chi connectivity index (χ1) is 10.1. The quantitative estimate of drug-likeness (QED) is 0.606. The molecule has 0 heterocycles. The van der Waals surface area contributed by atoms with E-state index in [0.717, 1.165) is 38.5 Å². The van der Waals surface area contributed by atoms with Crippen molar-refractivity contribution in [2.45, 2.75) is 51.4 Å². The molecule has 21 heavy (non-hydrogen) atoms. The molecule has 1 aromatic rings. The van der Waals surface area contributed by atoms with Crippen molar-refractivity contribution in [3.8, 4) is 6.07 Å². The molecule has 1 saturated carbocycles. The zero-order valence-corrected chi connectivity index (χ0v) is 12.0. The van der Waals surface area contributed by atoms with Crippen LogP contribution in [0.1, 0.15) is 50.5 Å². The molecule has 112 valence electrons. The first kappa shape index (κ1) is 15.4. The summed E-state index contributed by atoms with van der Waals surface area (Å²) in [6.07, 6.45) is 7.64. The van der Waals surface area contributed by atoms with E-state index in [9.17, 15) is 19.8 Å². The highest BCUT2D eigenvalue weighted by Gasteiger charge is 2.31. The summed E-state index contributed by atoms with van der Waals surface area (Å²) in [7, 11) is 0. The summed E-state index contributed by atoms with van der Waals surface area (Å²) in [5.41, 5.74) is -0.300. The van der Waals surface area contributed by atoms with Gasteiger partial charge in [0.05, 0.1) is 16.4 Å². The van der Waals surface area contributed by atoms with Gasteiger partial charge in [-0.1, -0.05) is 38.2 Å². The highest BCUT2D eigenvalue weighted by atomic mass is 19.1. The number of halogens is 1. The van der Waals surface area contributed by atoms with Gasteiger partial charge < -0.3 is 0 Å². The molecule has 1 aliphatic rings. The lowest BCUT2D eigenvalue weighted by atomic mass is 9.73. The maximum Gasteiger partial charge on any atom is 0.304 e. The topological polar surface area (TPSA) is 66.9 Å². The Morgan fingerprint density at radius 3 is 2.38 bits per heavy atom. The van der Waals surface area contributed by atoms with Crippen LogP contribution in [0, 0.1) is 32.7 Å². The first-order valence-corrected chi connectivity index (χ1v) is 7.40. The van der Waals surface area contributed by atoms with Crippen LogP contribution >= 0.6 is 0 Å². The molecule has 0 amide bonds. The fraction of sp³-hybridized carbons (Fsp3) is 0.562. The van der Waals surface area contributed by atoms with Crippen molar-refractivity contribution in [3.05, 3.63) is 39.7 Å². The lowest BCUT2D eigenvalue weighted by molar-refractivity contribution is -0.387. The van der Waals surface area contributed by atoms with Crippen LogP contribution in [0.5, 0.6) is 0 Å². The minimum absolute atomic E-state index is 0.455. The van der Waals surface area contributed by atoms with Gasteiger partial charge in [-0.05, 0) is 30.9 Å². The smallest absolute Gasteiger partial charge is 0.258 e. The van der Waals surface area contributed by atoms with Crippen molar-refractivity contribution in [2.24, 2.45) is 5.41 Å². The molecule has 0 aromatic heterocycles. The van der Waals surface area contributed by atoms with Crippen LogP contribution < -0.4 is 0 Å². The summed E-state index contributed by atoms with van der Waals surface area (Å²) >= 11 is 0. The molecule has 2 rings (SSSR count). The van der Waals surface area contributed by atoms with Crippen LogP contribution in [0.25, 0.3) is 0 Å². The lowest BCUT2D eigenvalue weighted by Crippen LogP contribution is -2.23. The van der Waals surface area contributed by atoms with Crippen molar-refractivity contribution in [2.75, 3.05) is 0 Å². The highest BCUT2D eigenvalue weighted by molar-refractivity contribution is 5.35. The van der Waals surface area contributed by atoms with E-state index in [1.165, 1.54) is 18.6 Å². The first-order valence-electron chi connectivity index (χ1n) is 7.40. The number of nitriles is 1. The van der Waals surface area contributed by atoms with Crippen molar-refractivity contribution in [1.82, 2.24) is 0 Å². The van der Waals surface area contributed by atoms with Gasteiger partial charge in [0.25, 0.3) is 0 Å². The molecule has 1 aromatic carbocycles. The molecule has 4 nitrogen and oxygen atoms in total. The van der Waals surface area contributed by atoms with E-state index in [1.54, 1.807) is 6.07 Å². The Labute approximate surface area is 123 Å². The average molecular weight is 290 g/mol. The second-order valence-electron chi connectivity index (χ2n) is 5.88. The third-order valence-corrected chi connectivity index (χ3v) is 4.30. The van der Waals surface area contributed by atoms with Gasteiger partial charge in [-0.15, -0.1) is 0 Å². The fourth-order valence-electron chi connectivity index (χ4n) is 3.11. The molecule has 0 unspecified atom stereocenters. The van der Waals surface area contributed by atoms with Crippen LogP contribution in [0.3, 0.4) is 0 Å². The van der Waals surface area contributed by atoms with Gasteiger partial charge in [-0.3, -0.25) is 10.1 Å². The van der Waals surface area contributed by atoms with Crippen molar-refractivity contribution >= 4 is 5.69 Å². The maximum atomic E-state index is 13.7. The highest BCUT2D eigenvalue weighted by Crippen LogP contribution is 2.37. The van der Waals surface area contributed by atoms with Crippen LogP contribution in [-0.4, -0.2) is 4.92 Å². The summed E-state index contributed by atoms with van der Waals surface area (Å²) in [6.45, 7) is 0. The number of hydrogen-bond acceptors (Lipinski definition) is 3. The number of nitro benzene ring substituents is 1. The Balaban J connectivity index is 2.19. The van der Waals surface area contributed by atoms with Gasteiger partial charge in [-0.2, -0.15) is 9.65 Å². The van der Waals surface area contributed by atoms with Crippen LogP contribution in [0.15, 0.2) is 18.2 Å². The molecule has 5 heteroatoms. The lowest BCUT2D eigenvalue weighted by Gasteiger charge is -2.28. The number of benzene rings is 1. The normalized spacial score (nSPS) is 18.3. The fourth-order valence-corrected chi connectivity index (χ4v) is 3.11. The van der Waals surface area contributed by atoms with Gasteiger partial charge in [-0.25, -0.2) is 0 Å². The largest absolute Gasteiger partial charge is 0.304 e. The monoisotopic (exact) mass is 290 g/mol. The Kier molecular flexibility index (Phi) is 4.89. The molecule has 0 spiro atoms. The molecular weight excluding hydrogens is 271 g/mol. The minimum Gasteiger partial charge on any atom is -0.258 e. The molecular formula is C16H19FN2O2. The molecule has 0 saturated heterocycles. The molecule has 0 radical (unpaired) electrons. The Hall–Kier alpha value is -1.96. The Morgan fingerprint density at radius 2 is 1.86 bits per heavy atom. The van der Waals surface area contributed by atoms with E-state index < -0.39 is 21.8 Å². The van der Waals surface area contributed by atoms with Crippen molar-refractivity contribution in [1.29, 1.82) is 5.26 Å². The molecule has 1 fully saturated rings. The van der Waals surface area contributed by atoms with Gasteiger partial charge in [0.2, 0.25) is 5.82 Å². The average Bonchev–Trinajstić information content (AvgIpc) is 2.42. The van der Waals surface area contributed by atoms with E-state index in [0.29, 0.717) is 12.0 Å². The number of nitro groups is 1. The third kappa shape index (κ3) is 3.78. The van der Waals surface area contributed by atoms with Gasteiger partial charge >= 0.3 is 5.69 Å². The van der Waals surface area contributed by atoms with E-state index in [1.807, 2.05) is 0 Å². The number of rotatable bonds is 3. The van der Waals surface area contributed by atoms with E-state index in [4.69, 9.17) is 0 Å². The number of nitrogens with zero attached hydrogens (tertiary/aromatic N) is 2. The molecule has 0 aliphatic heterocycles. The molecule has 1 aliphatic carbocycles. The second kappa shape index (κ2) is 6.66. The van der Waals surface area contributed by atoms with E-state index in [-0.39, 0.29) is 0 Å². The van der Waals surface area contributed by atoms with E-state index in [2.05, 4.69) is 6.07 Å². The predicted molar refractivity (Wildman–Crippen MR) is 77.1 cm³/mol. The summed E-state index contributed by atoms with van der Waals surface area (Å²) in [5.74, 6) is -0.823. The molecule has 0 N–H and O–H groups in total. The Morgan fingerprint density at radius 1 is 1.24 bits per heavy atom. The van der Waals surface area contributed by atoms with E-state index >= 15 is 0 Å². The second-order valence-corrected chi connectivity index (χ2v) is 5.88. The van der Waals surface area contributed by atoms with Crippen LogP contribution in [-0.2, 0) is 6.42 Å². The van der Waals surface area contributed by atoms with Crippen molar-refractivity contribution in [3.63, 3.8) is 0 Å². The number of hydrogen-bond donors (Lipinski definition) is 0. The zero-order chi connectivity index (χ0) is 15.3. The molecule has 0 atom stereocenters. The molecule has 0 bridgehead atoms. The third-order valence-electron chi connectivity index (χ3n) is 4.30. The van der Waals surface area contributed by atoms with Gasteiger partial charge in [0, 0.05) is 6.07 Å². The summed E-state index contributed by atoms with van der Waals surface area (Å²) in [6, 6.07) is 6.40. The summed E-state index contributed by atoms with van der Waals surface area (Å²) in [4.78, 5) is 9.91. The van der Waals surface area contributed by atoms with Gasteiger partial charge in [0.15, 0.2) is 0 Å². The van der Waals surface area contributed by atoms with Crippen LogP contribution in [0.4, 0.5) is 10.1 Å². The summed E-state index contributed by atoms with van der Waals surface area (Å²) in [5, 5.41) is 20.2. The van der Waals surface area contributed by atoms with Gasteiger partial charge in [0.1, 0.15) is 0 Å². The van der Waals surface area contributed by atoms with Crippen molar-refractivity contribution < 1.29 is 9.31 Å². The Bertz CT molecular complexity index is 558. The maximum absolute atomic E-state index is 13.7. The predicted octanol–water partition coefficient (Wildman–Crippen LogP) is 4.53.